The molecule has 0 bridgehead atoms. The van der Waals surface area contributed by atoms with Gasteiger partial charge in [0.05, 0.1) is 12.6 Å². The fraction of sp³-hybridized carbons (Fsp3) is 0.857. The third kappa shape index (κ3) is 5.59. The summed E-state index contributed by atoms with van der Waals surface area (Å²) in [5.74, 6) is 0.0210. The Balaban J connectivity index is 2.49. The minimum atomic E-state index is -0.0979. The van der Waals surface area contributed by atoms with Gasteiger partial charge >= 0.3 is 0 Å². The maximum atomic E-state index is 12.4. The van der Waals surface area contributed by atoms with E-state index in [4.69, 9.17) is 0 Å². The summed E-state index contributed by atoms with van der Waals surface area (Å²) in [6.45, 7) is 6.45. The zero-order valence-electron chi connectivity index (χ0n) is 12.2. The van der Waals surface area contributed by atoms with Crippen molar-refractivity contribution in [3.8, 4) is 0 Å². The third-order valence-corrected chi connectivity index (χ3v) is 3.32. The fourth-order valence-corrected chi connectivity index (χ4v) is 2.31. The van der Waals surface area contributed by atoms with Gasteiger partial charge in [-0.1, -0.05) is 20.3 Å². The summed E-state index contributed by atoms with van der Waals surface area (Å²) in [4.78, 5) is 25.8. The summed E-state index contributed by atoms with van der Waals surface area (Å²) in [7, 11) is 0. The highest BCUT2D eigenvalue weighted by atomic mass is 16.2. The van der Waals surface area contributed by atoms with E-state index >= 15 is 0 Å². The maximum Gasteiger partial charge on any atom is 0.240 e. The minimum Gasteiger partial charge on any atom is -0.355 e. The summed E-state index contributed by atoms with van der Waals surface area (Å²) < 4.78 is 0. The van der Waals surface area contributed by atoms with Crippen LogP contribution < -0.4 is 10.6 Å². The zero-order valence-corrected chi connectivity index (χ0v) is 12.2. The largest absolute Gasteiger partial charge is 0.355 e. The summed E-state index contributed by atoms with van der Waals surface area (Å²) >= 11 is 0. The molecule has 0 aromatic heterocycles. The van der Waals surface area contributed by atoms with Gasteiger partial charge in [0.2, 0.25) is 11.8 Å². The van der Waals surface area contributed by atoms with E-state index in [1.165, 1.54) is 0 Å². The molecule has 2 amide bonds. The van der Waals surface area contributed by atoms with Crippen LogP contribution in [0, 0.1) is 0 Å². The van der Waals surface area contributed by atoms with E-state index in [9.17, 15) is 9.59 Å². The van der Waals surface area contributed by atoms with Crippen LogP contribution in [-0.2, 0) is 9.59 Å². The standard InChI is InChI=1S/C14H27N3O2/c1-3-8-16-13(18)11-17(10-4-2)14(19)12-7-5-6-9-15-12/h12,15H,3-11H2,1-2H3,(H,16,18). The average molecular weight is 269 g/mol. The van der Waals surface area contributed by atoms with Crippen molar-refractivity contribution in [1.82, 2.24) is 15.5 Å². The number of hydrogen-bond donors (Lipinski definition) is 2. The van der Waals surface area contributed by atoms with Crippen molar-refractivity contribution in [3.05, 3.63) is 0 Å². The van der Waals surface area contributed by atoms with E-state index in [1.54, 1.807) is 4.90 Å². The van der Waals surface area contributed by atoms with E-state index in [-0.39, 0.29) is 24.4 Å². The van der Waals surface area contributed by atoms with E-state index in [0.717, 1.165) is 38.6 Å². The molecule has 110 valence electrons. The second kappa shape index (κ2) is 8.91. The fourth-order valence-electron chi connectivity index (χ4n) is 2.31. The number of nitrogens with zero attached hydrogens (tertiary/aromatic N) is 1. The highest BCUT2D eigenvalue weighted by molar-refractivity contribution is 5.87. The first kappa shape index (κ1) is 16.0. The van der Waals surface area contributed by atoms with Crippen LogP contribution in [0.15, 0.2) is 0 Å². The number of rotatable bonds is 7. The molecule has 1 aliphatic heterocycles. The Hall–Kier alpha value is -1.10. The van der Waals surface area contributed by atoms with Crippen LogP contribution in [0.3, 0.4) is 0 Å². The Morgan fingerprint density at radius 3 is 2.63 bits per heavy atom. The molecule has 0 aliphatic carbocycles. The van der Waals surface area contributed by atoms with Gasteiger partial charge in [-0.25, -0.2) is 0 Å². The Morgan fingerprint density at radius 2 is 2.05 bits per heavy atom. The van der Waals surface area contributed by atoms with Crippen LogP contribution >= 0.6 is 0 Å². The molecule has 1 aliphatic rings. The molecule has 0 aromatic rings. The summed E-state index contributed by atoms with van der Waals surface area (Å²) in [6.07, 6.45) is 4.90. The summed E-state index contributed by atoms with van der Waals surface area (Å²) in [6, 6.07) is -0.0979. The first-order valence-electron chi connectivity index (χ1n) is 7.47. The number of amides is 2. The van der Waals surface area contributed by atoms with Gasteiger partial charge in [-0.2, -0.15) is 0 Å². The molecular weight excluding hydrogens is 242 g/mol. The lowest BCUT2D eigenvalue weighted by atomic mass is 10.0. The molecule has 1 fully saturated rings. The van der Waals surface area contributed by atoms with Crippen molar-refractivity contribution in [2.24, 2.45) is 0 Å². The van der Waals surface area contributed by atoms with Crippen molar-refractivity contribution >= 4 is 11.8 Å². The van der Waals surface area contributed by atoms with Crippen LogP contribution in [0.25, 0.3) is 0 Å². The van der Waals surface area contributed by atoms with Gasteiger partial charge in [0, 0.05) is 13.1 Å². The van der Waals surface area contributed by atoms with Gasteiger partial charge in [0.1, 0.15) is 0 Å². The highest BCUT2D eigenvalue weighted by Gasteiger charge is 2.26. The van der Waals surface area contributed by atoms with Gasteiger partial charge in [0.15, 0.2) is 0 Å². The number of nitrogens with one attached hydrogen (secondary N) is 2. The Labute approximate surface area is 116 Å². The molecule has 1 unspecified atom stereocenters. The van der Waals surface area contributed by atoms with Gasteiger partial charge in [-0.15, -0.1) is 0 Å². The number of hydrogen-bond acceptors (Lipinski definition) is 3. The molecule has 5 nitrogen and oxygen atoms in total. The number of piperidine rings is 1. The lowest BCUT2D eigenvalue weighted by Gasteiger charge is -2.29. The smallest absolute Gasteiger partial charge is 0.240 e. The quantitative estimate of drug-likeness (QED) is 0.721. The number of carbonyl (C=O) groups excluding carboxylic acids is 2. The van der Waals surface area contributed by atoms with Crippen LogP contribution in [0.1, 0.15) is 46.0 Å². The maximum absolute atomic E-state index is 12.4. The molecule has 0 radical (unpaired) electrons. The average Bonchev–Trinajstić information content (AvgIpc) is 2.45. The van der Waals surface area contributed by atoms with Crippen molar-refractivity contribution in [2.45, 2.75) is 52.0 Å². The molecule has 0 spiro atoms. The molecule has 1 heterocycles. The summed E-state index contributed by atoms with van der Waals surface area (Å²) in [5.41, 5.74) is 0. The second-order valence-electron chi connectivity index (χ2n) is 5.11. The topological polar surface area (TPSA) is 61.4 Å². The Bertz CT molecular complexity index is 288. The van der Waals surface area contributed by atoms with E-state index in [1.807, 2.05) is 13.8 Å². The number of carbonyl (C=O) groups is 2. The Morgan fingerprint density at radius 1 is 1.26 bits per heavy atom. The molecular formula is C14H27N3O2. The molecule has 1 saturated heterocycles. The first-order chi connectivity index (χ1) is 9.19. The van der Waals surface area contributed by atoms with Gasteiger partial charge < -0.3 is 15.5 Å². The zero-order chi connectivity index (χ0) is 14.1. The molecule has 5 heteroatoms. The SMILES string of the molecule is CCCNC(=O)CN(CCC)C(=O)C1CCCCN1. The molecule has 1 atom stereocenters. The predicted octanol–water partition coefficient (Wildman–Crippen LogP) is 0.893. The molecule has 1 rings (SSSR count). The van der Waals surface area contributed by atoms with Gasteiger partial charge in [0.25, 0.3) is 0 Å². The van der Waals surface area contributed by atoms with Crippen molar-refractivity contribution in [2.75, 3.05) is 26.2 Å². The van der Waals surface area contributed by atoms with Crippen molar-refractivity contribution in [1.29, 1.82) is 0 Å². The van der Waals surface area contributed by atoms with E-state index in [2.05, 4.69) is 10.6 Å². The van der Waals surface area contributed by atoms with E-state index < -0.39 is 0 Å². The van der Waals surface area contributed by atoms with Crippen LogP contribution in [0.4, 0.5) is 0 Å². The normalized spacial score (nSPS) is 18.9. The highest BCUT2D eigenvalue weighted by Crippen LogP contribution is 2.10. The molecule has 2 N–H and O–H groups in total. The predicted molar refractivity (Wildman–Crippen MR) is 75.8 cm³/mol. The second-order valence-corrected chi connectivity index (χ2v) is 5.11. The molecule has 0 aromatic carbocycles. The van der Waals surface area contributed by atoms with Crippen molar-refractivity contribution in [3.63, 3.8) is 0 Å². The first-order valence-corrected chi connectivity index (χ1v) is 7.47. The van der Waals surface area contributed by atoms with Gasteiger partial charge in [-0.3, -0.25) is 9.59 Å². The molecule has 0 saturated carbocycles. The van der Waals surface area contributed by atoms with Crippen molar-refractivity contribution < 1.29 is 9.59 Å². The van der Waals surface area contributed by atoms with Crippen LogP contribution in [0.2, 0.25) is 0 Å². The Kier molecular flexibility index (Phi) is 7.48. The van der Waals surface area contributed by atoms with Crippen LogP contribution in [-0.4, -0.2) is 48.9 Å². The molecule has 19 heavy (non-hydrogen) atoms. The van der Waals surface area contributed by atoms with Crippen LogP contribution in [0.5, 0.6) is 0 Å². The minimum absolute atomic E-state index is 0.0561. The summed E-state index contributed by atoms with van der Waals surface area (Å²) in [5, 5.41) is 6.08. The lowest BCUT2D eigenvalue weighted by Crippen LogP contribution is -2.51. The lowest BCUT2D eigenvalue weighted by molar-refractivity contribution is -0.138. The van der Waals surface area contributed by atoms with Gasteiger partial charge in [-0.05, 0) is 32.2 Å². The third-order valence-electron chi connectivity index (χ3n) is 3.32. The van der Waals surface area contributed by atoms with E-state index in [0.29, 0.717) is 13.1 Å². The monoisotopic (exact) mass is 269 g/mol.